The van der Waals surface area contributed by atoms with Crippen molar-refractivity contribution in [3.63, 3.8) is 0 Å². The summed E-state index contributed by atoms with van der Waals surface area (Å²) in [6, 6.07) is 0.602. The molecule has 1 heterocycles. The second-order valence-corrected chi connectivity index (χ2v) is 5.01. The van der Waals surface area contributed by atoms with Crippen molar-refractivity contribution in [2.45, 2.75) is 45.2 Å². The fourth-order valence-electron chi connectivity index (χ4n) is 2.15. The van der Waals surface area contributed by atoms with Crippen LogP contribution in [0.1, 0.15) is 33.1 Å². The summed E-state index contributed by atoms with van der Waals surface area (Å²) in [5.74, 6) is 0. The molecule has 1 aliphatic heterocycles. The molecule has 104 valence electrons. The van der Waals surface area contributed by atoms with E-state index in [1.54, 1.807) is 0 Å². The highest BCUT2D eigenvalue weighted by Crippen LogP contribution is 2.09. The summed E-state index contributed by atoms with van der Waals surface area (Å²) in [6.07, 6.45) is 7.54. The molecule has 4 heteroatoms. The number of piperidine rings is 1. The number of hydrogen-bond acceptors (Lipinski definition) is 4. The first-order chi connectivity index (χ1) is 8.65. The van der Waals surface area contributed by atoms with Crippen LogP contribution in [0.5, 0.6) is 0 Å². The summed E-state index contributed by atoms with van der Waals surface area (Å²) >= 11 is 0. The molecule has 1 unspecified atom stereocenters. The van der Waals surface area contributed by atoms with Crippen LogP contribution < -0.4 is 22.1 Å². The quantitative estimate of drug-likeness (QED) is 0.529. The Morgan fingerprint density at radius 3 is 2.61 bits per heavy atom. The van der Waals surface area contributed by atoms with Crippen LogP contribution in [-0.2, 0) is 0 Å². The summed E-state index contributed by atoms with van der Waals surface area (Å²) < 4.78 is 0. The summed E-state index contributed by atoms with van der Waals surface area (Å²) in [4.78, 5) is 0. The van der Waals surface area contributed by atoms with Gasteiger partial charge >= 0.3 is 0 Å². The summed E-state index contributed by atoms with van der Waals surface area (Å²) in [5, 5.41) is 6.97. The largest absolute Gasteiger partial charge is 0.382 e. The number of nitrogens with one attached hydrogen (secondary N) is 2. The zero-order valence-electron chi connectivity index (χ0n) is 11.7. The van der Waals surface area contributed by atoms with E-state index in [2.05, 4.69) is 29.7 Å². The Morgan fingerprint density at radius 2 is 2.11 bits per heavy atom. The molecule has 0 aromatic heterocycles. The molecule has 0 spiro atoms. The summed E-state index contributed by atoms with van der Waals surface area (Å²) in [5.41, 5.74) is 14.0. The van der Waals surface area contributed by atoms with Crippen molar-refractivity contribution < 1.29 is 0 Å². The van der Waals surface area contributed by atoms with Crippen LogP contribution in [-0.4, -0.2) is 31.7 Å². The normalized spacial score (nSPS) is 20.9. The van der Waals surface area contributed by atoms with E-state index in [4.69, 9.17) is 11.5 Å². The van der Waals surface area contributed by atoms with Crippen LogP contribution in [0.3, 0.4) is 0 Å². The highest BCUT2D eigenvalue weighted by Gasteiger charge is 2.13. The molecule has 1 rings (SSSR count). The van der Waals surface area contributed by atoms with Gasteiger partial charge in [0, 0.05) is 24.3 Å². The molecular weight excluding hydrogens is 224 g/mol. The lowest BCUT2D eigenvalue weighted by Crippen LogP contribution is -2.39. The van der Waals surface area contributed by atoms with Crippen LogP contribution in [0.25, 0.3) is 0 Å². The Balaban J connectivity index is 2.68. The second kappa shape index (κ2) is 8.29. The smallest absolute Gasteiger partial charge is 0.0317 e. The lowest BCUT2D eigenvalue weighted by molar-refractivity contribution is 0.414. The van der Waals surface area contributed by atoms with E-state index in [9.17, 15) is 0 Å². The molecule has 0 aliphatic carbocycles. The molecule has 0 radical (unpaired) electrons. The van der Waals surface area contributed by atoms with Gasteiger partial charge in [-0.25, -0.2) is 0 Å². The average Bonchev–Trinajstić information content (AvgIpc) is 2.36. The molecule has 4 nitrogen and oxygen atoms in total. The third-order valence-electron chi connectivity index (χ3n) is 3.23. The molecule has 18 heavy (non-hydrogen) atoms. The Labute approximate surface area is 111 Å². The van der Waals surface area contributed by atoms with Gasteiger partial charge in [-0.2, -0.15) is 0 Å². The molecule has 1 atom stereocenters. The van der Waals surface area contributed by atoms with Gasteiger partial charge in [0.25, 0.3) is 0 Å². The lowest BCUT2D eigenvalue weighted by atomic mass is 10.1. The maximum Gasteiger partial charge on any atom is 0.0317 e. The second-order valence-electron chi connectivity index (χ2n) is 5.01. The molecule has 1 saturated heterocycles. The lowest BCUT2D eigenvalue weighted by Gasteiger charge is -2.25. The van der Waals surface area contributed by atoms with Crippen molar-refractivity contribution in [3.8, 4) is 0 Å². The van der Waals surface area contributed by atoms with Crippen LogP contribution in [0, 0.1) is 0 Å². The predicted molar refractivity (Wildman–Crippen MR) is 78.2 cm³/mol. The van der Waals surface area contributed by atoms with Crippen molar-refractivity contribution in [1.29, 1.82) is 0 Å². The van der Waals surface area contributed by atoms with Gasteiger partial charge in [0.1, 0.15) is 0 Å². The molecule has 0 amide bonds. The summed E-state index contributed by atoms with van der Waals surface area (Å²) in [6.45, 7) is 6.91. The van der Waals surface area contributed by atoms with Gasteiger partial charge in [-0.1, -0.05) is 12.5 Å². The number of nitrogens with two attached hydrogens (primary N) is 2. The van der Waals surface area contributed by atoms with Gasteiger partial charge < -0.3 is 22.1 Å². The SMILES string of the molecule is CC/C(=C/C(=C/C(C)N)NC1CCNCC1)CN. The molecular formula is C14H28N4. The number of allylic oxidation sites excluding steroid dienone is 1. The maximum atomic E-state index is 5.87. The molecule has 0 saturated carbocycles. The minimum Gasteiger partial charge on any atom is -0.382 e. The van der Waals surface area contributed by atoms with Crippen molar-refractivity contribution in [1.82, 2.24) is 10.6 Å². The average molecular weight is 252 g/mol. The molecule has 1 fully saturated rings. The predicted octanol–water partition coefficient (Wildman–Crippen LogP) is 0.854. The van der Waals surface area contributed by atoms with Crippen LogP contribution in [0.4, 0.5) is 0 Å². The highest BCUT2D eigenvalue weighted by molar-refractivity contribution is 5.24. The standard InChI is InChI=1S/C14H28N4/c1-3-12(10-15)9-14(8-11(2)16)18-13-4-6-17-7-5-13/h8-9,11,13,17-18H,3-7,10,15-16H2,1-2H3/b12-9-,14-8-. The Kier molecular flexibility index (Phi) is 7.01. The zero-order chi connectivity index (χ0) is 13.4. The Bertz CT molecular complexity index is 282. The van der Waals surface area contributed by atoms with Crippen molar-refractivity contribution in [3.05, 3.63) is 23.4 Å². The van der Waals surface area contributed by atoms with E-state index in [1.807, 2.05) is 6.92 Å². The van der Waals surface area contributed by atoms with E-state index in [1.165, 1.54) is 5.57 Å². The van der Waals surface area contributed by atoms with Crippen molar-refractivity contribution >= 4 is 0 Å². The van der Waals surface area contributed by atoms with E-state index < -0.39 is 0 Å². The van der Waals surface area contributed by atoms with Crippen LogP contribution in [0.15, 0.2) is 23.4 Å². The molecule has 0 aromatic rings. The highest BCUT2D eigenvalue weighted by atomic mass is 15.0. The van der Waals surface area contributed by atoms with Crippen molar-refractivity contribution in [2.24, 2.45) is 11.5 Å². The zero-order valence-corrected chi connectivity index (χ0v) is 11.7. The Hall–Kier alpha value is -0.840. The van der Waals surface area contributed by atoms with Crippen LogP contribution >= 0.6 is 0 Å². The van der Waals surface area contributed by atoms with E-state index in [0.717, 1.165) is 38.0 Å². The summed E-state index contributed by atoms with van der Waals surface area (Å²) in [7, 11) is 0. The van der Waals surface area contributed by atoms with Crippen LogP contribution in [0.2, 0.25) is 0 Å². The van der Waals surface area contributed by atoms with E-state index >= 15 is 0 Å². The third-order valence-corrected chi connectivity index (χ3v) is 3.23. The van der Waals surface area contributed by atoms with Crippen molar-refractivity contribution in [2.75, 3.05) is 19.6 Å². The van der Waals surface area contributed by atoms with Gasteiger partial charge in [-0.3, -0.25) is 0 Å². The van der Waals surface area contributed by atoms with E-state index in [-0.39, 0.29) is 6.04 Å². The van der Waals surface area contributed by atoms with Gasteiger partial charge in [-0.05, 0) is 51.4 Å². The third kappa shape index (κ3) is 5.67. The number of rotatable bonds is 6. The topological polar surface area (TPSA) is 76.1 Å². The minimum absolute atomic E-state index is 0.0568. The van der Waals surface area contributed by atoms with Gasteiger partial charge in [0.05, 0.1) is 0 Å². The number of hydrogen-bond donors (Lipinski definition) is 4. The first kappa shape index (κ1) is 15.2. The van der Waals surface area contributed by atoms with Gasteiger partial charge in [0.15, 0.2) is 0 Å². The first-order valence-electron chi connectivity index (χ1n) is 6.99. The molecule has 6 N–H and O–H groups in total. The molecule has 1 aliphatic rings. The van der Waals surface area contributed by atoms with Gasteiger partial charge in [-0.15, -0.1) is 0 Å². The first-order valence-corrected chi connectivity index (χ1v) is 6.99. The molecule has 0 bridgehead atoms. The van der Waals surface area contributed by atoms with Gasteiger partial charge in [0.2, 0.25) is 0 Å². The molecule has 0 aromatic carbocycles. The monoisotopic (exact) mass is 252 g/mol. The Morgan fingerprint density at radius 1 is 1.44 bits per heavy atom. The fraction of sp³-hybridized carbons (Fsp3) is 0.714. The fourth-order valence-corrected chi connectivity index (χ4v) is 2.15. The maximum absolute atomic E-state index is 5.87. The van der Waals surface area contributed by atoms with E-state index in [0.29, 0.717) is 12.6 Å². The minimum atomic E-state index is 0.0568.